The number of anilines is 1. The maximum absolute atomic E-state index is 5.42. The van der Waals surface area contributed by atoms with E-state index in [0.29, 0.717) is 6.54 Å². The second-order valence-corrected chi connectivity index (χ2v) is 6.36. The second kappa shape index (κ2) is 6.73. The summed E-state index contributed by atoms with van der Waals surface area (Å²) in [6, 6.07) is 14.5. The Bertz CT molecular complexity index is 612. The zero-order valence-corrected chi connectivity index (χ0v) is 14.1. The van der Waals surface area contributed by atoms with Gasteiger partial charge >= 0.3 is 0 Å². The predicted molar refractivity (Wildman–Crippen MR) is 92.0 cm³/mol. The summed E-state index contributed by atoms with van der Waals surface area (Å²) in [6.45, 7) is 7.37. The van der Waals surface area contributed by atoms with Gasteiger partial charge in [0.2, 0.25) is 0 Å². The van der Waals surface area contributed by atoms with Crippen LogP contribution >= 0.6 is 0 Å². The zero-order valence-electron chi connectivity index (χ0n) is 14.1. The Labute approximate surface area is 133 Å². The Morgan fingerprint density at radius 3 is 2.14 bits per heavy atom. The summed E-state index contributed by atoms with van der Waals surface area (Å²) in [6.07, 6.45) is 0. The summed E-state index contributed by atoms with van der Waals surface area (Å²) in [7, 11) is 3.33. The molecule has 0 aromatic heterocycles. The average Bonchev–Trinajstić information content (AvgIpc) is 2.52. The number of ether oxygens (including phenoxy) is 2. The van der Waals surface area contributed by atoms with Crippen molar-refractivity contribution in [1.82, 2.24) is 0 Å². The van der Waals surface area contributed by atoms with Gasteiger partial charge in [0.25, 0.3) is 0 Å². The van der Waals surface area contributed by atoms with Crippen LogP contribution in [0.5, 0.6) is 11.5 Å². The lowest BCUT2D eigenvalue weighted by atomic mass is 9.87. The van der Waals surface area contributed by atoms with Gasteiger partial charge in [-0.05, 0) is 35.2 Å². The first kappa shape index (κ1) is 16.2. The SMILES string of the molecule is COc1ccc(CNc2ccc(C(C)(C)C)cc2)c(OC)c1. The zero-order chi connectivity index (χ0) is 16.2. The van der Waals surface area contributed by atoms with Gasteiger partial charge in [-0.3, -0.25) is 0 Å². The molecule has 0 saturated carbocycles. The first-order valence-corrected chi connectivity index (χ1v) is 7.49. The van der Waals surface area contributed by atoms with Crippen LogP contribution in [0.4, 0.5) is 5.69 Å². The van der Waals surface area contributed by atoms with E-state index in [0.717, 1.165) is 22.7 Å². The van der Waals surface area contributed by atoms with E-state index in [1.165, 1.54) is 5.56 Å². The fourth-order valence-corrected chi connectivity index (χ4v) is 2.28. The predicted octanol–water partition coefficient (Wildman–Crippen LogP) is 4.61. The van der Waals surface area contributed by atoms with Gasteiger partial charge < -0.3 is 14.8 Å². The van der Waals surface area contributed by atoms with Crippen molar-refractivity contribution in [2.45, 2.75) is 32.7 Å². The van der Waals surface area contributed by atoms with Crippen molar-refractivity contribution in [3.63, 3.8) is 0 Å². The van der Waals surface area contributed by atoms with Crippen molar-refractivity contribution in [2.75, 3.05) is 19.5 Å². The Hall–Kier alpha value is -2.16. The van der Waals surface area contributed by atoms with E-state index < -0.39 is 0 Å². The third-order valence-electron chi connectivity index (χ3n) is 3.73. The molecule has 3 nitrogen and oxygen atoms in total. The normalized spacial score (nSPS) is 11.1. The summed E-state index contributed by atoms with van der Waals surface area (Å²) in [5.41, 5.74) is 3.71. The standard InChI is InChI=1S/C19H25NO2/c1-19(2,3)15-7-9-16(10-8-15)20-13-14-6-11-17(21-4)12-18(14)22-5/h6-12,20H,13H2,1-5H3. The van der Waals surface area contributed by atoms with Crippen LogP contribution in [-0.4, -0.2) is 14.2 Å². The van der Waals surface area contributed by atoms with Crippen molar-refractivity contribution in [2.24, 2.45) is 0 Å². The van der Waals surface area contributed by atoms with Crippen LogP contribution in [-0.2, 0) is 12.0 Å². The molecule has 0 spiro atoms. The Morgan fingerprint density at radius 2 is 1.59 bits per heavy atom. The molecule has 2 aromatic rings. The maximum atomic E-state index is 5.42. The van der Waals surface area contributed by atoms with Crippen LogP contribution in [0.1, 0.15) is 31.9 Å². The van der Waals surface area contributed by atoms with Gasteiger partial charge in [-0.15, -0.1) is 0 Å². The summed E-state index contributed by atoms with van der Waals surface area (Å²) in [5.74, 6) is 1.63. The number of hydrogen-bond acceptors (Lipinski definition) is 3. The Balaban J connectivity index is 2.07. The van der Waals surface area contributed by atoms with Crippen LogP contribution in [0.2, 0.25) is 0 Å². The molecule has 0 heterocycles. The summed E-state index contributed by atoms with van der Waals surface area (Å²) in [4.78, 5) is 0. The molecule has 3 heteroatoms. The molecule has 0 aliphatic rings. The summed E-state index contributed by atoms with van der Waals surface area (Å²) in [5, 5.41) is 3.43. The largest absolute Gasteiger partial charge is 0.497 e. The topological polar surface area (TPSA) is 30.5 Å². The molecule has 0 aliphatic carbocycles. The van der Waals surface area contributed by atoms with Crippen molar-refractivity contribution >= 4 is 5.69 Å². The van der Waals surface area contributed by atoms with Crippen LogP contribution < -0.4 is 14.8 Å². The quantitative estimate of drug-likeness (QED) is 0.874. The molecule has 0 bridgehead atoms. The number of nitrogens with one attached hydrogen (secondary N) is 1. The van der Waals surface area contributed by atoms with E-state index in [2.05, 4.69) is 50.4 Å². The maximum Gasteiger partial charge on any atom is 0.127 e. The number of rotatable bonds is 5. The molecule has 0 aliphatic heterocycles. The minimum Gasteiger partial charge on any atom is -0.497 e. The molecule has 1 N–H and O–H groups in total. The van der Waals surface area contributed by atoms with E-state index in [-0.39, 0.29) is 5.41 Å². The van der Waals surface area contributed by atoms with Crippen molar-refractivity contribution in [1.29, 1.82) is 0 Å². The van der Waals surface area contributed by atoms with Gasteiger partial charge in [-0.25, -0.2) is 0 Å². The number of methoxy groups -OCH3 is 2. The lowest BCUT2D eigenvalue weighted by Gasteiger charge is -2.19. The van der Waals surface area contributed by atoms with Gasteiger partial charge in [-0.2, -0.15) is 0 Å². The highest BCUT2D eigenvalue weighted by Crippen LogP contribution is 2.26. The Kier molecular flexibility index (Phi) is 4.96. The van der Waals surface area contributed by atoms with Crippen LogP contribution in [0, 0.1) is 0 Å². The van der Waals surface area contributed by atoms with Crippen molar-refractivity contribution in [3.8, 4) is 11.5 Å². The lowest BCUT2D eigenvalue weighted by molar-refractivity contribution is 0.391. The average molecular weight is 299 g/mol. The Morgan fingerprint density at radius 1 is 0.909 bits per heavy atom. The molecule has 22 heavy (non-hydrogen) atoms. The highest BCUT2D eigenvalue weighted by atomic mass is 16.5. The molecule has 0 amide bonds. The second-order valence-electron chi connectivity index (χ2n) is 6.36. The minimum atomic E-state index is 0.178. The third-order valence-corrected chi connectivity index (χ3v) is 3.73. The van der Waals surface area contributed by atoms with Crippen LogP contribution in [0.3, 0.4) is 0 Å². The smallest absolute Gasteiger partial charge is 0.127 e. The van der Waals surface area contributed by atoms with Crippen molar-refractivity contribution in [3.05, 3.63) is 53.6 Å². The van der Waals surface area contributed by atoms with Crippen LogP contribution in [0.25, 0.3) is 0 Å². The highest BCUT2D eigenvalue weighted by Gasteiger charge is 2.12. The molecule has 2 rings (SSSR count). The summed E-state index contributed by atoms with van der Waals surface area (Å²) >= 11 is 0. The number of benzene rings is 2. The fraction of sp³-hybridized carbons (Fsp3) is 0.368. The van der Waals surface area contributed by atoms with Gasteiger partial charge in [0.05, 0.1) is 14.2 Å². The van der Waals surface area contributed by atoms with E-state index in [1.807, 2.05) is 18.2 Å². The molecule has 0 fully saturated rings. The van der Waals surface area contributed by atoms with Gasteiger partial charge in [0, 0.05) is 23.9 Å². The molecule has 0 saturated heterocycles. The molecular formula is C19H25NO2. The lowest BCUT2D eigenvalue weighted by Crippen LogP contribution is -2.10. The van der Waals surface area contributed by atoms with E-state index >= 15 is 0 Å². The van der Waals surface area contributed by atoms with E-state index in [1.54, 1.807) is 14.2 Å². The van der Waals surface area contributed by atoms with Crippen LogP contribution in [0.15, 0.2) is 42.5 Å². The molecule has 0 unspecified atom stereocenters. The molecule has 0 atom stereocenters. The van der Waals surface area contributed by atoms with Crippen molar-refractivity contribution < 1.29 is 9.47 Å². The molecule has 2 aromatic carbocycles. The van der Waals surface area contributed by atoms with Gasteiger partial charge in [0.1, 0.15) is 11.5 Å². The van der Waals surface area contributed by atoms with E-state index in [9.17, 15) is 0 Å². The monoisotopic (exact) mass is 299 g/mol. The minimum absolute atomic E-state index is 0.178. The highest BCUT2D eigenvalue weighted by molar-refractivity contribution is 5.48. The summed E-state index contributed by atoms with van der Waals surface area (Å²) < 4.78 is 10.6. The molecular weight excluding hydrogens is 274 g/mol. The molecule has 0 radical (unpaired) electrons. The first-order valence-electron chi connectivity index (χ1n) is 7.49. The number of hydrogen-bond donors (Lipinski definition) is 1. The molecule has 118 valence electrons. The van der Waals surface area contributed by atoms with Gasteiger partial charge in [-0.1, -0.05) is 32.9 Å². The van der Waals surface area contributed by atoms with E-state index in [4.69, 9.17) is 9.47 Å². The first-order chi connectivity index (χ1) is 10.4. The van der Waals surface area contributed by atoms with Gasteiger partial charge in [0.15, 0.2) is 0 Å². The third kappa shape index (κ3) is 3.94. The fourth-order valence-electron chi connectivity index (χ4n) is 2.28.